The van der Waals surface area contributed by atoms with Crippen LogP contribution in [0.3, 0.4) is 0 Å². The van der Waals surface area contributed by atoms with Crippen LogP contribution in [0.1, 0.15) is 71.4 Å². The van der Waals surface area contributed by atoms with Gasteiger partial charge in [0.2, 0.25) is 35.4 Å². The van der Waals surface area contributed by atoms with E-state index in [-0.39, 0.29) is 43.8 Å². The van der Waals surface area contributed by atoms with Crippen LogP contribution in [0.25, 0.3) is 0 Å². The first-order chi connectivity index (χ1) is 34.9. The summed E-state index contributed by atoms with van der Waals surface area (Å²) in [7, 11) is 2.82. The topological polar surface area (TPSA) is 343 Å². The number of carboxylic acids is 2. The van der Waals surface area contributed by atoms with Gasteiger partial charge in [-0.05, 0) is 50.7 Å². The van der Waals surface area contributed by atoms with Crippen LogP contribution in [-0.4, -0.2) is 137 Å². The molecule has 2 aromatic carbocycles. The molecule has 2 aromatic rings. The van der Waals surface area contributed by atoms with Gasteiger partial charge in [0, 0.05) is 39.5 Å². The third kappa shape index (κ3) is 19.3. The molecule has 10 unspecified atom stereocenters. The first-order valence-corrected chi connectivity index (χ1v) is 24.2. The highest BCUT2D eigenvalue weighted by Crippen LogP contribution is 2.19. The molecule has 0 spiro atoms. The molecular weight excluding hydrogens is 957 g/mol. The summed E-state index contributed by atoms with van der Waals surface area (Å²) < 4.78 is 5.82. The second-order valence-corrected chi connectivity index (χ2v) is 18.3. The van der Waals surface area contributed by atoms with E-state index in [0.717, 1.165) is 10.5 Å². The fourth-order valence-corrected chi connectivity index (χ4v) is 7.81. The molecule has 0 bridgehead atoms. The molecule has 0 aromatic heterocycles. The van der Waals surface area contributed by atoms with Crippen molar-refractivity contribution >= 4 is 59.2 Å². The predicted molar refractivity (Wildman–Crippen MR) is 275 cm³/mol. The lowest BCUT2D eigenvalue weighted by Gasteiger charge is -2.28. The van der Waals surface area contributed by atoms with Crippen LogP contribution in [0, 0.1) is 17.8 Å². The molecular formula is C52H72N10O12. The minimum Gasteiger partial charge on any atom is -0.480 e. The molecule has 10 atom stereocenters. The largest absolute Gasteiger partial charge is 0.480 e. The molecule has 7 amide bonds. The Morgan fingerprint density at radius 2 is 1.38 bits per heavy atom. The van der Waals surface area contributed by atoms with Gasteiger partial charge in [-0.25, -0.2) is 9.59 Å². The molecule has 1 heterocycles. The maximum absolute atomic E-state index is 14.4. The predicted octanol–water partition coefficient (Wildman–Crippen LogP) is 0.815. The summed E-state index contributed by atoms with van der Waals surface area (Å²) in [5, 5.41) is 35.7. The van der Waals surface area contributed by atoms with Gasteiger partial charge in [0.25, 0.3) is 5.91 Å². The maximum atomic E-state index is 14.4. The molecule has 402 valence electrons. The van der Waals surface area contributed by atoms with Gasteiger partial charge in [-0.3, -0.25) is 38.6 Å². The summed E-state index contributed by atoms with van der Waals surface area (Å²) in [5.41, 5.74) is 12.9. The number of benzene rings is 2. The molecule has 1 aliphatic heterocycles. The minimum absolute atomic E-state index is 0.0161. The number of aliphatic imine (C=N–C) groups is 1. The van der Waals surface area contributed by atoms with Crippen LogP contribution < -0.4 is 43.4 Å². The highest BCUT2D eigenvalue weighted by molar-refractivity contribution is 6.00. The summed E-state index contributed by atoms with van der Waals surface area (Å²) >= 11 is 0. The first kappa shape index (κ1) is 60.4. The Balaban J connectivity index is 2.14. The molecule has 1 saturated heterocycles. The maximum Gasteiger partial charge on any atom is 0.327 e. The summed E-state index contributed by atoms with van der Waals surface area (Å²) in [4.78, 5) is 127. The van der Waals surface area contributed by atoms with Crippen LogP contribution in [0.2, 0.25) is 0 Å². The van der Waals surface area contributed by atoms with E-state index in [1.54, 1.807) is 50.4 Å². The summed E-state index contributed by atoms with van der Waals surface area (Å²) in [6, 6.07) is 9.17. The average Bonchev–Trinajstić information content (AvgIpc) is 3.36. The van der Waals surface area contributed by atoms with Gasteiger partial charge < -0.3 is 63.2 Å². The second kappa shape index (κ2) is 29.6. The Labute approximate surface area is 431 Å². The van der Waals surface area contributed by atoms with Crippen molar-refractivity contribution in [1.29, 1.82) is 0 Å². The molecule has 1 fully saturated rings. The fraction of sp³-hybridized carbons (Fsp3) is 0.462. The Hall–Kier alpha value is -7.88. The van der Waals surface area contributed by atoms with Gasteiger partial charge in [-0.1, -0.05) is 112 Å². The lowest BCUT2D eigenvalue weighted by molar-refractivity contribution is -0.146. The van der Waals surface area contributed by atoms with Crippen molar-refractivity contribution in [3.05, 3.63) is 108 Å². The van der Waals surface area contributed by atoms with Crippen molar-refractivity contribution in [1.82, 2.24) is 36.8 Å². The molecule has 0 saturated carbocycles. The summed E-state index contributed by atoms with van der Waals surface area (Å²) in [6.07, 6.45) is 4.42. The smallest absolute Gasteiger partial charge is 0.327 e. The van der Waals surface area contributed by atoms with Gasteiger partial charge in [-0.15, -0.1) is 0 Å². The number of nitrogens with two attached hydrogens (primary N) is 2. The zero-order valence-electron chi connectivity index (χ0n) is 43.0. The number of hydrogen-bond acceptors (Lipinski definition) is 11. The number of allylic oxidation sites excluding steroid dienone is 2. The highest BCUT2D eigenvalue weighted by atomic mass is 16.5. The van der Waals surface area contributed by atoms with Crippen LogP contribution >= 0.6 is 0 Å². The third-order valence-corrected chi connectivity index (χ3v) is 12.5. The van der Waals surface area contributed by atoms with E-state index in [1.807, 2.05) is 43.3 Å². The van der Waals surface area contributed by atoms with E-state index in [4.69, 9.17) is 16.2 Å². The fourth-order valence-electron chi connectivity index (χ4n) is 7.81. The third-order valence-electron chi connectivity index (χ3n) is 12.5. The molecule has 0 radical (unpaired) electrons. The number of carbonyl (C=O) groups excluding carboxylic acids is 7. The van der Waals surface area contributed by atoms with Gasteiger partial charge in [0.15, 0.2) is 5.96 Å². The van der Waals surface area contributed by atoms with Gasteiger partial charge in [0.05, 0.1) is 24.0 Å². The Bertz CT molecular complexity index is 2410. The van der Waals surface area contributed by atoms with Crippen molar-refractivity contribution in [2.75, 3.05) is 20.7 Å². The zero-order valence-corrected chi connectivity index (χ0v) is 43.0. The molecule has 0 aliphatic carbocycles. The van der Waals surface area contributed by atoms with E-state index in [2.05, 4.69) is 43.5 Å². The lowest BCUT2D eigenvalue weighted by Crippen LogP contribution is -2.59. The number of likely N-dealkylation sites (N-methyl/N-ethyl adjacent to an activating group) is 1. The number of carbonyl (C=O) groups is 9. The SMILES string of the molecule is C=C1C(=O)NC(C)C(=O)NC(Cc2ccccc2)C(=O)NC(C(=O)O)C(C)C(=O)NC(CCCN=C(N)N)C(=O)NC(C=CC(C)=CC(C)C(Cc2ccccc2)OC)C(C)C(=O)NC(C(=O)O)CCC(=O)N1C. The molecule has 3 rings (SSSR count). The normalized spacial score (nSPS) is 24.6. The number of nitrogens with one attached hydrogen (secondary N) is 6. The summed E-state index contributed by atoms with van der Waals surface area (Å²) in [6.45, 7) is 11.4. The van der Waals surface area contributed by atoms with Crippen molar-refractivity contribution < 1.29 is 58.1 Å². The van der Waals surface area contributed by atoms with Crippen molar-refractivity contribution in [2.24, 2.45) is 34.2 Å². The highest BCUT2D eigenvalue weighted by Gasteiger charge is 2.37. The van der Waals surface area contributed by atoms with Crippen LogP contribution in [0.4, 0.5) is 0 Å². The van der Waals surface area contributed by atoms with Crippen molar-refractivity contribution in [2.45, 2.75) is 115 Å². The summed E-state index contributed by atoms with van der Waals surface area (Å²) in [5.74, 6) is -12.6. The van der Waals surface area contributed by atoms with Crippen molar-refractivity contribution in [3.8, 4) is 0 Å². The Kier molecular flexibility index (Phi) is 24.2. The van der Waals surface area contributed by atoms with Gasteiger partial charge in [-0.2, -0.15) is 0 Å². The number of aliphatic carboxylic acids is 2. The lowest BCUT2D eigenvalue weighted by atomic mass is 9.94. The van der Waals surface area contributed by atoms with E-state index in [0.29, 0.717) is 17.6 Å². The first-order valence-electron chi connectivity index (χ1n) is 24.2. The van der Waals surface area contributed by atoms with E-state index < -0.39 is 120 Å². The Morgan fingerprint density at radius 3 is 1.96 bits per heavy atom. The number of rotatable bonds is 15. The standard InChI is InChI=1S/C52H72N10O12/c1-29(26-30(2)41(74-8)28-36-18-13-10-14-19-36)21-22-37-31(3)44(64)59-39(50(70)71)23-24-42(63)62(7)34(6)47(67)56-33(5)46(66)60-40(27-35-16-11-9-12-17-35)49(69)61-43(51(72)73)32(4)45(65)58-38(48(68)57-37)20-15-25-55-52(53)54/h9-14,16-19,21-22,26,30-33,37-41,43H,6,15,20,23-25,27-28H2,1-5,7-8H3,(H,56,67)(H,57,68)(H,58,65)(H,59,64)(H,60,66)(H,61,69)(H,70,71)(H,72,73)(H4,53,54,55). The number of guanidine groups is 1. The van der Waals surface area contributed by atoms with Crippen molar-refractivity contribution in [3.63, 3.8) is 0 Å². The minimum atomic E-state index is -1.92. The number of ether oxygens (including phenoxy) is 1. The van der Waals surface area contributed by atoms with Gasteiger partial charge >= 0.3 is 11.9 Å². The Morgan fingerprint density at radius 1 is 0.797 bits per heavy atom. The number of methoxy groups -OCH3 is 1. The van der Waals surface area contributed by atoms with Crippen LogP contribution in [0.5, 0.6) is 0 Å². The van der Waals surface area contributed by atoms with E-state index >= 15 is 0 Å². The number of carboxylic acid groups (broad SMARTS) is 2. The van der Waals surface area contributed by atoms with E-state index in [1.165, 1.54) is 33.9 Å². The molecule has 74 heavy (non-hydrogen) atoms. The number of nitrogens with zero attached hydrogens (tertiary/aromatic N) is 2. The average molecular weight is 1030 g/mol. The molecule has 12 N–H and O–H groups in total. The quantitative estimate of drug-likeness (QED) is 0.0388. The van der Waals surface area contributed by atoms with E-state index in [9.17, 15) is 53.4 Å². The second-order valence-electron chi connectivity index (χ2n) is 18.3. The molecule has 1 aliphatic rings. The number of amides is 7. The monoisotopic (exact) mass is 1030 g/mol. The molecule has 22 heteroatoms. The van der Waals surface area contributed by atoms with Gasteiger partial charge in [0.1, 0.15) is 35.9 Å². The van der Waals surface area contributed by atoms with Crippen LogP contribution in [-0.2, 0) is 60.7 Å². The van der Waals surface area contributed by atoms with Crippen LogP contribution in [0.15, 0.2) is 102 Å². The zero-order chi connectivity index (χ0) is 55.2. The molecule has 22 nitrogen and oxygen atoms in total. The number of hydrogen-bond donors (Lipinski definition) is 10.